The molecule has 0 spiro atoms. The van der Waals surface area contributed by atoms with Crippen molar-refractivity contribution in [2.45, 2.75) is 37.6 Å². The van der Waals surface area contributed by atoms with Crippen LogP contribution in [0.3, 0.4) is 0 Å². The second-order valence-electron chi connectivity index (χ2n) is 4.56. The van der Waals surface area contributed by atoms with Crippen LogP contribution in [0.1, 0.15) is 42.7 Å². The minimum Gasteiger partial charge on any atom is -0.440 e. The summed E-state index contributed by atoms with van der Waals surface area (Å²) < 4.78 is 5.05. The van der Waals surface area contributed by atoms with Crippen LogP contribution in [0.15, 0.2) is 16.5 Å². The van der Waals surface area contributed by atoms with Gasteiger partial charge in [-0.05, 0) is 36.6 Å². The van der Waals surface area contributed by atoms with E-state index in [0.717, 1.165) is 32.1 Å². The molecule has 0 atom stereocenters. The maximum Gasteiger partial charge on any atom is 0.287 e. The highest BCUT2D eigenvalue weighted by Gasteiger charge is 2.33. The van der Waals surface area contributed by atoms with E-state index in [2.05, 4.69) is 5.32 Å². The first kappa shape index (κ1) is 12.5. The smallest absolute Gasteiger partial charge is 0.287 e. The van der Waals surface area contributed by atoms with E-state index in [0.29, 0.717) is 0 Å². The number of aliphatic hydroxyl groups excluding tert-OH is 1. The summed E-state index contributed by atoms with van der Waals surface area (Å²) in [6.07, 6.45) is 4.83. The number of nitrogens with one attached hydrogen (secondary N) is 1. The van der Waals surface area contributed by atoms with Crippen molar-refractivity contribution in [2.24, 2.45) is 0 Å². The molecule has 1 fully saturated rings. The summed E-state index contributed by atoms with van der Waals surface area (Å²) in [5.41, 5.74) is -0.491. The Balaban J connectivity index is 2.05. The lowest BCUT2D eigenvalue weighted by molar-refractivity contribution is 0.0733. The Morgan fingerprint density at radius 2 is 2.12 bits per heavy atom. The number of carbonyl (C=O) groups excluding carboxylic acids is 1. The molecule has 1 heterocycles. The zero-order chi connectivity index (χ0) is 12.3. The number of hydrogen-bond acceptors (Lipinski definition) is 3. The normalized spacial score (nSPS) is 18.9. The van der Waals surface area contributed by atoms with Gasteiger partial charge in [0.2, 0.25) is 0 Å². The number of carbonyl (C=O) groups is 1. The Labute approximate surface area is 105 Å². The predicted molar refractivity (Wildman–Crippen MR) is 64.1 cm³/mol. The van der Waals surface area contributed by atoms with E-state index in [1.165, 1.54) is 12.1 Å². The van der Waals surface area contributed by atoms with Crippen molar-refractivity contribution in [3.05, 3.63) is 23.1 Å². The summed E-state index contributed by atoms with van der Waals surface area (Å²) in [6.45, 7) is -0.0345. The summed E-state index contributed by atoms with van der Waals surface area (Å²) >= 11 is 5.62. The average Bonchev–Trinajstić information content (AvgIpc) is 2.77. The Morgan fingerprint density at radius 1 is 1.41 bits per heavy atom. The molecule has 0 radical (unpaired) electrons. The molecule has 17 heavy (non-hydrogen) atoms. The SMILES string of the molecule is O=C(NC1(CO)CCCCC1)c1ccc(Cl)o1. The average molecular weight is 258 g/mol. The van der Waals surface area contributed by atoms with E-state index in [-0.39, 0.29) is 23.5 Å². The number of amides is 1. The molecule has 94 valence electrons. The van der Waals surface area contributed by atoms with Gasteiger partial charge in [0.1, 0.15) is 0 Å². The van der Waals surface area contributed by atoms with Crippen LogP contribution >= 0.6 is 11.6 Å². The number of halogens is 1. The third-order valence-electron chi connectivity index (χ3n) is 3.29. The van der Waals surface area contributed by atoms with Gasteiger partial charge in [-0.1, -0.05) is 19.3 Å². The zero-order valence-electron chi connectivity index (χ0n) is 9.54. The molecule has 2 rings (SSSR count). The van der Waals surface area contributed by atoms with E-state index >= 15 is 0 Å². The number of hydrogen-bond donors (Lipinski definition) is 2. The third kappa shape index (κ3) is 2.82. The monoisotopic (exact) mass is 257 g/mol. The minimum absolute atomic E-state index is 0.0345. The van der Waals surface area contributed by atoms with Gasteiger partial charge in [-0.15, -0.1) is 0 Å². The molecule has 0 aliphatic heterocycles. The van der Waals surface area contributed by atoms with Crippen molar-refractivity contribution < 1.29 is 14.3 Å². The first-order valence-corrected chi connectivity index (χ1v) is 6.22. The van der Waals surface area contributed by atoms with E-state index < -0.39 is 5.54 Å². The first-order valence-electron chi connectivity index (χ1n) is 5.84. The molecule has 1 amide bonds. The van der Waals surface area contributed by atoms with Crippen LogP contribution < -0.4 is 5.32 Å². The molecule has 4 nitrogen and oxygen atoms in total. The zero-order valence-corrected chi connectivity index (χ0v) is 10.3. The highest BCUT2D eigenvalue weighted by atomic mass is 35.5. The lowest BCUT2D eigenvalue weighted by Gasteiger charge is -2.36. The lowest BCUT2D eigenvalue weighted by Crippen LogP contribution is -2.52. The first-order chi connectivity index (χ1) is 8.15. The molecule has 1 saturated carbocycles. The van der Waals surface area contributed by atoms with E-state index in [1.54, 1.807) is 0 Å². The summed E-state index contributed by atoms with van der Waals surface area (Å²) in [4.78, 5) is 11.9. The van der Waals surface area contributed by atoms with Gasteiger partial charge < -0.3 is 14.8 Å². The van der Waals surface area contributed by atoms with Gasteiger partial charge in [0.15, 0.2) is 11.0 Å². The molecular formula is C12H16ClNO3. The summed E-state index contributed by atoms with van der Waals surface area (Å²) in [6, 6.07) is 3.06. The molecule has 1 aliphatic rings. The van der Waals surface area contributed by atoms with Crippen molar-refractivity contribution in [1.29, 1.82) is 0 Å². The molecule has 0 bridgehead atoms. The van der Waals surface area contributed by atoms with Crippen molar-refractivity contribution in [2.75, 3.05) is 6.61 Å². The second kappa shape index (κ2) is 5.10. The summed E-state index contributed by atoms with van der Waals surface area (Å²) in [5, 5.41) is 12.5. The highest BCUT2D eigenvalue weighted by molar-refractivity contribution is 6.29. The van der Waals surface area contributed by atoms with Crippen LogP contribution in [-0.2, 0) is 0 Å². The second-order valence-corrected chi connectivity index (χ2v) is 4.93. The number of furan rings is 1. The standard InChI is InChI=1S/C12H16ClNO3/c13-10-5-4-9(17-10)11(16)14-12(8-15)6-2-1-3-7-12/h4-5,15H,1-3,6-8H2,(H,14,16). The fourth-order valence-corrected chi connectivity index (χ4v) is 2.44. The van der Waals surface area contributed by atoms with Crippen LogP contribution in [0.2, 0.25) is 5.22 Å². The Morgan fingerprint density at radius 3 is 2.65 bits per heavy atom. The van der Waals surface area contributed by atoms with E-state index in [4.69, 9.17) is 16.0 Å². The van der Waals surface area contributed by atoms with E-state index in [1.807, 2.05) is 0 Å². The Bertz CT molecular complexity index is 396. The maximum atomic E-state index is 11.9. The van der Waals surface area contributed by atoms with Crippen molar-refractivity contribution in [1.82, 2.24) is 5.32 Å². The van der Waals surface area contributed by atoms with Crippen LogP contribution in [0, 0.1) is 0 Å². The Kier molecular flexibility index (Phi) is 3.74. The molecule has 1 aromatic heterocycles. The topological polar surface area (TPSA) is 62.5 Å². The minimum atomic E-state index is -0.491. The molecule has 5 heteroatoms. The predicted octanol–water partition coefficient (Wildman–Crippen LogP) is 2.36. The largest absolute Gasteiger partial charge is 0.440 e. The van der Waals surface area contributed by atoms with Crippen molar-refractivity contribution >= 4 is 17.5 Å². The summed E-state index contributed by atoms with van der Waals surface area (Å²) in [5.74, 6) is -0.124. The molecule has 0 saturated heterocycles. The van der Waals surface area contributed by atoms with Gasteiger partial charge in [-0.2, -0.15) is 0 Å². The van der Waals surface area contributed by atoms with Crippen molar-refractivity contribution in [3.63, 3.8) is 0 Å². The van der Waals surface area contributed by atoms with Gasteiger partial charge >= 0.3 is 0 Å². The quantitative estimate of drug-likeness (QED) is 0.874. The lowest BCUT2D eigenvalue weighted by atomic mass is 9.82. The van der Waals surface area contributed by atoms with Crippen LogP contribution in [-0.4, -0.2) is 23.2 Å². The van der Waals surface area contributed by atoms with Crippen molar-refractivity contribution in [3.8, 4) is 0 Å². The van der Waals surface area contributed by atoms with Gasteiger partial charge in [-0.3, -0.25) is 4.79 Å². The number of aliphatic hydroxyl groups is 1. The third-order valence-corrected chi connectivity index (χ3v) is 3.49. The van der Waals surface area contributed by atoms with Crippen LogP contribution in [0.4, 0.5) is 0 Å². The van der Waals surface area contributed by atoms with Gasteiger partial charge in [-0.25, -0.2) is 0 Å². The van der Waals surface area contributed by atoms with Gasteiger partial charge in [0.25, 0.3) is 5.91 Å². The van der Waals surface area contributed by atoms with Crippen LogP contribution in [0.25, 0.3) is 0 Å². The molecule has 1 aromatic rings. The van der Waals surface area contributed by atoms with Gasteiger partial charge in [0.05, 0.1) is 12.1 Å². The molecule has 0 aromatic carbocycles. The molecular weight excluding hydrogens is 242 g/mol. The Hall–Kier alpha value is -1.00. The van der Waals surface area contributed by atoms with Crippen LogP contribution in [0.5, 0.6) is 0 Å². The molecule has 1 aliphatic carbocycles. The fraction of sp³-hybridized carbons (Fsp3) is 0.583. The maximum absolute atomic E-state index is 11.9. The van der Waals surface area contributed by atoms with Gasteiger partial charge in [0, 0.05) is 0 Å². The van der Waals surface area contributed by atoms with E-state index in [9.17, 15) is 9.90 Å². The summed E-state index contributed by atoms with van der Waals surface area (Å²) in [7, 11) is 0. The molecule has 0 unspecified atom stereocenters. The highest BCUT2D eigenvalue weighted by Crippen LogP contribution is 2.28. The fourth-order valence-electron chi connectivity index (χ4n) is 2.29. The number of rotatable bonds is 3. The molecule has 2 N–H and O–H groups in total.